The van der Waals surface area contributed by atoms with Crippen LogP contribution in [0.1, 0.15) is 28.8 Å². The number of ether oxygens (including phenoxy) is 1. The van der Waals surface area contributed by atoms with Gasteiger partial charge in [-0.05, 0) is 61.1 Å². The summed E-state index contributed by atoms with van der Waals surface area (Å²) < 4.78 is 38.3. The van der Waals surface area contributed by atoms with Crippen LogP contribution in [-0.2, 0) is 18.3 Å². The Hall–Kier alpha value is -4.90. The summed E-state index contributed by atoms with van der Waals surface area (Å²) >= 11 is 0. The molecule has 6 rings (SSSR count). The van der Waals surface area contributed by atoms with E-state index in [9.17, 15) is 14.0 Å². The van der Waals surface area contributed by atoms with E-state index in [0.29, 0.717) is 53.4 Å². The van der Waals surface area contributed by atoms with E-state index in [1.54, 1.807) is 37.0 Å². The minimum absolute atomic E-state index is 0.100. The van der Waals surface area contributed by atoms with Gasteiger partial charge >= 0.3 is 0 Å². The molecule has 1 aliphatic rings. The molecule has 9 nitrogen and oxygen atoms in total. The molecule has 0 radical (unpaired) electrons. The highest BCUT2D eigenvalue weighted by Crippen LogP contribution is 2.36. The molecule has 0 unspecified atom stereocenters. The van der Waals surface area contributed by atoms with Gasteiger partial charge < -0.3 is 24.9 Å². The molecule has 4 heterocycles. The zero-order chi connectivity index (χ0) is 30.2. The van der Waals surface area contributed by atoms with Crippen molar-refractivity contribution in [1.29, 1.82) is 0 Å². The molecular weight excluding hydrogens is 554 g/mol. The van der Waals surface area contributed by atoms with E-state index in [-0.39, 0.29) is 28.2 Å². The van der Waals surface area contributed by atoms with Crippen LogP contribution in [0.5, 0.6) is 0 Å². The SMILES string of the molecule is Cc1cc(-c2cn(C)c3ncnc(N)c23)c(F)cc1NC(=O)c1cn(CC2CCOCC2)cc(-c2ccc(F)cc2)c1=O. The quantitative estimate of drug-likeness (QED) is 0.279. The van der Waals surface area contributed by atoms with Crippen molar-refractivity contribution in [3.8, 4) is 22.3 Å². The smallest absolute Gasteiger partial charge is 0.261 e. The van der Waals surface area contributed by atoms with Crippen LogP contribution < -0.4 is 16.5 Å². The number of aryl methyl sites for hydroxylation is 2. The van der Waals surface area contributed by atoms with Crippen LogP contribution in [0.25, 0.3) is 33.3 Å². The summed E-state index contributed by atoms with van der Waals surface area (Å²) in [5, 5.41) is 3.26. The lowest BCUT2D eigenvalue weighted by Crippen LogP contribution is -2.27. The summed E-state index contributed by atoms with van der Waals surface area (Å²) in [7, 11) is 1.78. The first-order valence-electron chi connectivity index (χ1n) is 13.9. The Bertz CT molecular complexity index is 1910. The fraction of sp³-hybridized carbons (Fsp3) is 0.250. The van der Waals surface area contributed by atoms with E-state index in [4.69, 9.17) is 10.5 Å². The Morgan fingerprint density at radius 1 is 1.05 bits per heavy atom. The molecule has 3 N–H and O–H groups in total. The molecule has 5 aromatic rings. The molecule has 43 heavy (non-hydrogen) atoms. The predicted octanol–water partition coefficient (Wildman–Crippen LogP) is 5.31. The second-order valence-electron chi connectivity index (χ2n) is 10.9. The second kappa shape index (κ2) is 11.4. The van der Waals surface area contributed by atoms with E-state index in [1.807, 2.05) is 4.57 Å². The number of pyridine rings is 1. The Kier molecular flexibility index (Phi) is 7.49. The Morgan fingerprint density at radius 2 is 1.79 bits per heavy atom. The van der Waals surface area contributed by atoms with Crippen molar-refractivity contribution in [1.82, 2.24) is 19.1 Å². The number of anilines is 2. The first-order chi connectivity index (χ1) is 20.7. The monoisotopic (exact) mass is 584 g/mol. The van der Waals surface area contributed by atoms with Gasteiger partial charge in [-0.1, -0.05) is 12.1 Å². The standard InChI is InChI=1S/C32H30F2N6O3/c1-18-11-22(24-14-39(2)31-28(24)30(35)36-17-37-31)26(34)12-27(18)38-32(42)25-16-40(13-19-7-9-43-10-8-19)15-23(29(25)41)20-3-5-21(33)6-4-20/h3-6,11-12,14-17,19H,7-10,13H2,1-2H3,(H,38,42)(H2,35,36,37). The normalized spacial score (nSPS) is 13.9. The van der Waals surface area contributed by atoms with Gasteiger partial charge in [0.05, 0.1) is 5.39 Å². The number of nitrogens with two attached hydrogens (primary N) is 1. The van der Waals surface area contributed by atoms with E-state index >= 15 is 4.39 Å². The molecule has 11 heteroatoms. The molecule has 3 aromatic heterocycles. The fourth-order valence-electron chi connectivity index (χ4n) is 5.61. The van der Waals surface area contributed by atoms with E-state index < -0.39 is 23.0 Å². The number of benzene rings is 2. The number of nitrogens with one attached hydrogen (secondary N) is 1. The highest BCUT2D eigenvalue weighted by Gasteiger charge is 2.22. The number of halogens is 2. The highest BCUT2D eigenvalue weighted by molar-refractivity contribution is 6.06. The summed E-state index contributed by atoms with van der Waals surface area (Å²) in [5.41, 5.74) is 8.43. The van der Waals surface area contributed by atoms with Gasteiger partial charge in [0.1, 0.15) is 35.0 Å². The minimum atomic E-state index is -0.673. The summed E-state index contributed by atoms with van der Waals surface area (Å²) in [6.07, 6.45) is 8.02. The topological polar surface area (TPSA) is 117 Å². The largest absolute Gasteiger partial charge is 0.383 e. The number of nitrogens with zero attached hydrogens (tertiary/aromatic N) is 4. The van der Waals surface area contributed by atoms with Gasteiger partial charge in [-0.25, -0.2) is 18.7 Å². The molecule has 1 saturated heterocycles. The number of carbonyl (C=O) groups excluding carboxylic acids is 1. The first kappa shape index (κ1) is 28.2. The van der Waals surface area contributed by atoms with Crippen molar-refractivity contribution in [3.05, 3.63) is 94.3 Å². The molecular formula is C32H30F2N6O3. The molecule has 1 fully saturated rings. The fourth-order valence-corrected chi connectivity index (χ4v) is 5.61. The van der Waals surface area contributed by atoms with E-state index in [0.717, 1.165) is 12.8 Å². The maximum atomic E-state index is 15.6. The van der Waals surface area contributed by atoms with Gasteiger partial charge in [-0.2, -0.15) is 0 Å². The van der Waals surface area contributed by atoms with Crippen LogP contribution in [0, 0.1) is 24.5 Å². The summed E-state index contributed by atoms with van der Waals surface area (Å²) in [6, 6.07) is 8.41. The highest BCUT2D eigenvalue weighted by atomic mass is 19.1. The van der Waals surface area contributed by atoms with Crippen molar-refractivity contribution >= 4 is 28.4 Å². The molecule has 1 amide bonds. The van der Waals surface area contributed by atoms with Crippen molar-refractivity contribution < 1.29 is 18.3 Å². The van der Waals surface area contributed by atoms with Gasteiger partial charge in [0.2, 0.25) is 5.43 Å². The molecule has 1 aliphatic heterocycles. The second-order valence-corrected chi connectivity index (χ2v) is 10.9. The van der Waals surface area contributed by atoms with Crippen LogP contribution in [-0.4, -0.2) is 38.2 Å². The molecule has 2 aromatic carbocycles. The third kappa shape index (κ3) is 5.51. The number of hydrogen-bond acceptors (Lipinski definition) is 6. The lowest BCUT2D eigenvalue weighted by atomic mass is 9.99. The number of nitrogen functional groups attached to an aromatic ring is 1. The number of hydrogen-bond donors (Lipinski definition) is 2. The number of rotatable bonds is 6. The number of amides is 1. The molecule has 0 aliphatic carbocycles. The van der Waals surface area contributed by atoms with Crippen LogP contribution in [0.3, 0.4) is 0 Å². The Labute approximate surface area is 246 Å². The van der Waals surface area contributed by atoms with Gasteiger partial charge in [0.25, 0.3) is 5.91 Å². The molecule has 0 saturated carbocycles. The third-order valence-corrected chi connectivity index (χ3v) is 7.92. The predicted molar refractivity (Wildman–Crippen MR) is 161 cm³/mol. The molecule has 0 spiro atoms. The number of fused-ring (bicyclic) bond motifs is 1. The van der Waals surface area contributed by atoms with Gasteiger partial charge in [0, 0.05) is 67.8 Å². The molecule has 0 bridgehead atoms. The van der Waals surface area contributed by atoms with Crippen LogP contribution in [0.15, 0.2) is 66.1 Å². The zero-order valence-corrected chi connectivity index (χ0v) is 23.7. The zero-order valence-electron chi connectivity index (χ0n) is 23.7. The van der Waals surface area contributed by atoms with Crippen molar-refractivity contribution in [3.63, 3.8) is 0 Å². The molecule has 220 valence electrons. The van der Waals surface area contributed by atoms with Crippen molar-refractivity contribution in [2.45, 2.75) is 26.3 Å². The maximum Gasteiger partial charge on any atom is 0.261 e. The molecule has 0 atom stereocenters. The maximum absolute atomic E-state index is 15.6. The van der Waals surface area contributed by atoms with Gasteiger partial charge in [-0.15, -0.1) is 0 Å². The lowest BCUT2D eigenvalue weighted by Gasteiger charge is -2.23. The summed E-state index contributed by atoms with van der Waals surface area (Å²) in [6.45, 7) is 3.63. The van der Waals surface area contributed by atoms with E-state index in [2.05, 4.69) is 15.3 Å². The van der Waals surface area contributed by atoms with Gasteiger partial charge in [-0.3, -0.25) is 9.59 Å². The van der Waals surface area contributed by atoms with Crippen LogP contribution >= 0.6 is 0 Å². The van der Waals surface area contributed by atoms with E-state index in [1.165, 1.54) is 42.9 Å². The van der Waals surface area contributed by atoms with Crippen LogP contribution in [0.2, 0.25) is 0 Å². The Balaban J connectivity index is 1.36. The summed E-state index contributed by atoms with van der Waals surface area (Å²) in [5.74, 6) is -1.15. The average molecular weight is 585 g/mol. The number of aromatic nitrogens is 4. The lowest BCUT2D eigenvalue weighted by molar-refractivity contribution is 0.0612. The Morgan fingerprint density at radius 3 is 2.53 bits per heavy atom. The summed E-state index contributed by atoms with van der Waals surface area (Å²) in [4.78, 5) is 35.5. The van der Waals surface area contributed by atoms with Crippen LogP contribution in [0.4, 0.5) is 20.3 Å². The van der Waals surface area contributed by atoms with Crippen molar-refractivity contribution in [2.75, 3.05) is 24.3 Å². The minimum Gasteiger partial charge on any atom is -0.383 e. The first-order valence-corrected chi connectivity index (χ1v) is 13.9. The average Bonchev–Trinajstić information content (AvgIpc) is 3.33. The van der Waals surface area contributed by atoms with Gasteiger partial charge in [0.15, 0.2) is 0 Å². The number of carbonyl (C=O) groups is 1. The third-order valence-electron chi connectivity index (χ3n) is 7.92. The van der Waals surface area contributed by atoms with Crippen molar-refractivity contribution in [2.24, 2.45) is 13.0 Å².